The second-order valence-corrected chi connectivity index (χ2v) is 7.41. The van der Waals surface area contributed by atoms with Crippen molar-refractivity contribution in [2.75, 3.05) is 66.0 Å². The van der Waals surface area contributed by atoms with Crippen molar-refractivity contribution >= 4 is 11.8 Å². The monoisotopic (exact) mass is 376 g/mol. The molecule has 0 saturated carbocycles. The van der Waals surface area contributed by atoms with Crippen LogP contribution in [0.2, 0.25) is 0 Å². The maximum atomic E-state index is 12.9. The third kappa shape index (κ3) is 5.49. The zero-order chi connectivity index (χ0) is 19.2. The van der Waals surface area contributed by atoms with Crippen LogP contribution in [0.3, 0.4) is 0 Å². The summed E-state index contributed by atoms with van der Waals surface area (Å²) in [6.45, 7) is 8.30. The van der Waals surface area contributed by atoms with Crippen molar-refractivity contribution in [1.82, 2.24) is 19.6 Å². The van der Waals surface area contributed by atoms with E-state index >= 15 is 0 Å². The summed E-state index contributed by atoms with van der Waals surface area (Å²) in [5.41, 5.74) is 0.586. The molecule has 148 valence electrons. The molecule has 0 atom stereocenters. The summed E-state index contributed by atoms with van der Waals surface area (Å²) in [4.78, 5) is 32.5. The fourth-order valence-corrected chi connectivity index (χ4v) is 3.65. The van der Waals surface area contributed by atoms with Crippen LogP contribution in [-0.2, 0) is 0 Å². The van der Waals surface area contributed by atoms with Crippen LogP contribution in [0.1, 0.15) is 23.2 Å². The van der Waals surface area contributed by atoms with Crippen LogP contribution < -0.4 is 0 Å². The number of piperazine rings is 1. The topological polar surface area (TPSA) is 47.1 Å². The summed E-state index contributed by atoms with van der Waals surface area (Å²) in [6.07, 6.45) is 1.32. The van der Waals surface area contributed by atoms with Gasteiger partial charge in [-0.3, -0.25) is 9.69 Å². The standard InChI is InChI=1S/C20H29FN4O2/c1-22-9-15-25(20(22)27)16-14-24-12-10-23(11-13-24)8-2-3-19(26)17-4-6-18(21)7-5-17/h4-7H,2-3,8-16H2,1H3. The van der Waals surface area contributed by atoms with Crippen LogP contribution in [0.15, 0.2) is 24.3 Å². The first-order valence-electron chi connectivity index (χ1n) is 9.76. The third-order valence-electron chi connectivity index (χ3n) is 5.50. The van der Waals surface area contributed by atoms with Gasteiger partial charge in [0.05, 0.1) is 0 Å². The first-order chi connectivity index (χ1) is 13.0. The van der Waals surface area contributed by atoms with Gasteiger partial charge in [0.15, 0.2) is 5.78 Å². The normalized spacial score (nSPS) is 19.1. The Bertz CT molecular complexity index is 644. The molecule has 0 aliphatic carbocycles. The molecular weight excluding hydrogens is 347 g/mol. The quantitative estimate of drug-likeness (QED) is 0.649. The van der Waals surface area contributed by atoms with Gasteiger partial charge >= 0.3 is 6.03 Å². The summed E-state index contributed by atoms with van der Waals surface area (Å²) in [5, 5.41) is 0. The number of nitrogens with zero attached hydrogens (tertiary/aromatic N) is 4. The van der Waals surface area contributed by atoms with E-state index in [-0.39, 0.29) is 17.6 Å². The van der Waals surface area contributed by atoms with Crippen molar-refractivity contribution in [2.45, 2.75) is 12.8 Å². The van der Waals surface area contributed by atoms with E-state index in [9.17, 15) is 14.0 Å². The minimum absolute atomic E-state index is 0.0777. The minimum atomic E-state index is -0.314. The Balaban J connectivity index is 1.30. The largest absolute Gasteiger partial charge is 0.326 e. The fourth-order valence-electron chi connectivity index (χ4n) is 3.65. The number of amides is 2. The van der Waals surface area contributed by atoms with Crippen LogP contribution in [0, 0.1) is 5.82 Å². The van der Waals surface area contributed by atoms with E-state index in [1.54, 1.807) is 17.0 Å². The number of benzene rings is 1. The Kier molecular flexibility index (Phi) is 6.79. The Labute approximate surface area is 160 Å². The molecule has 6 nitrogen and oxygen atoms in total. The molecule has 0 N–H and O–H groups in total. The molecule has 0 radical (unpaired) electrons. The number of carbonyl (C=O) groups is 2. The predicted molar refractivity (Wildman–Crippen MR) is 102 cm³/mol. The lowest BCUT2D eigenvalue weighted by atomic mass is 10.1. The SMILES string of the molecule is CN1CCN(CCN2CCN(CCCC(=O)c3ccc(F)cc3)CC2)C1=O. The van der Waals surface area contributed by atoms with E-state index < -0.39 is 0 Å². The molecule has 7 heteroatoms. The molecule has 0 aromatic heterocycles. The number of halogens is 1. The van der Waals surface area contributed by atoms with Crippen molar-refractivity contribution in [1.29, 1.82) is 0 Å². The van der Waals surface area contributed by atoms with Gasteiger partial charge in [-0.05, 0) is 37.2 Å². The molecule has 2 fully saturated rings. The van der Waals surface area contributed by atoms with Gasteiger partial charge in [0.2, 0.25) is 0 Å². The van der Waals surface area contributed by atoms with E-state index in [2.05, 4.69) is 9.80 Å². The first-order valence-corrected chi connectivity index (χ1v) is 9.76. The van der Waals surface area contributed by atoms with Gasteiger partial charge in [-0.15, -0.1) is 0 Å². The van der Waals surface area contributed by atoms with Gasteiger partial charge in [-0.25, -0.2) is 9.18 Å². The lowest BCUT2D eigenvalue weighted by Crippen LogP contribution is -2.48. The molecule has 2 aliphatic rings. The molecule has 1 aromatic rings. The molecule has 1 aromatic carbocycles. The number of likely N-dealkylation sites (N-methyl/N-ethyl adjacent to an activating group) is 1. The number of carbonyl (C=O) groups excluding carboxylic acids is 2. The molecule has 2 amide bonds. The van der Waals surface area contributed by atoms with Gasteiger partial charge in [0, 0.05) is 71.4 Å². The van der Waals surface area contributed by atoms with Gasteiger partial charge in [-0.2, -0.15) is 0 Å². The number of Topliss-reactive ketones (excluding diaryl/α,β-unsaturated/α-hetero) is 1. The van der Waals surface area contributed by atoms with Crippen LogP contribution in [-0.4, -0.2) is 97.4 Å². The summed E-state index contributed by atoms with van der Waals surface area (Å²) in [6, 6.07) is 5.92. The zero-order valence-electron chi connectivity index (χ0n) is 16.1. The molecule has 2 saturated heterocycles. The van der Waals surface area contributed by atoms with Crippen LogP contribution in [0.5, 0.6) is 0 Å². The Hall–Kier alpha value is -1.99. The van der Waals surface area contributed by atoms with Crippen molar-refractivity contribution in [3.05, 3.63) is 35.6 Å². The van der Waals surface area contributed by atoms with E-state index in [0.29, 0.717) is 12.0 Å². The maximum Gasteiger partial charge on any atom is 0.319 e. The molecule has 0 bridgehead atoms. The van der Waals surface area contributed by atoms with Crippen molar-refractivity contribution in [3.63, 3.8) is 0 Å². The van der Waals surface area contributed by atoms with Crippen molar-refractivity contribution < 1.29 is 14.0 Å². The Morgan fingerprint density at radius 3 is 2.15 bits per heavy atom. The Morgan fingerprint density at radius 2 is 1.56 bits per heavy atom. The lowest BCUT2D eigenvalue weighted by molar-refractivity contribution is 0.0958. The van der Waals surface area contributed by atoms with Crippen LogP contribution in [0.25, 0.3) is 0 Å². The van der Waals surface area contributed by atoms with Gasteiger partial charge in [0.1, 0.15) is 5.82 Å². The number of urea groups is 1. The molecule has 27 heavy (non-hydrogen) atoms. The summed E-state index contributed by atoms with van der Waals surface area (Å²) in [5.74, 6) is -0.237. The van der Waals surface area contributed by atoms with Crippen LogP contribution >= 0.6 is 0 Å². The van der Waals surface area contributed by atoms with Crippen molar-refractivity contribution in [3.8, 4) is 0 Å². The number of hydrogen-bond donors (Lipinski definition) is 0. The molecular formula is C20H29FN4O2. The average molecular weight is 376 g/mol. The third-order valence-corrected chi connectivity index (χ3v) is 5.50. The minimum Gasteiger partial charge on any atom is -0.326 e. The molecule has 2 aliphatic heterocycles. The summed E-state index contributed by atoms with van der Waals surface area (Å²) >= 11 is 0. The second kappa shape index (κ2) is 9.28. The van der Waals surface area contributed by atoms with E-state index in [1.807, 2.05) is 11.9 Å². The first kappa shape index (κ1) is 19.8. The highest BCUT2D eigenvalue weighted by atomic mass is 19.1. The highest BCUT2D eigenvalue weighted by molar-refractivity contribution is 5.95. The maximum absolute atomic E-state index is 12.9. The van der Waals surface area contributed by atoms with Gasteiger partial charge in [-0.1, -0.05) is 0 Å². The lowest BCUT2D eigenvalue weighted by Gasteiger charge is -2.35. The summed E-state index contributed by atoms with van der Waals surface area (Å²) in [7, 11) is 1.85. The molecule has 3 rings (SSSR count). The number of ketones is 1. The molecule has 2 heterocycles. The Morgan fingerprint density at radius 1 is 0.926 bits per heavy atom. The summed E-state index contributed by atoms with van der Waals surface area (Å²) < 4.78 is 12.9. The second-order valence-electron chi connectivity index (χ2n) is 7.41. The smallest absolute Gasteiger partial charge is 0.319 e. The number of rotatable bonds is 8. The average Bonchev–Trinajstić information content (AvgIpc) is 3.00. The fraction of sp³-hybridized carbons (Fsp3) is 0.600. The van der Waals surface area contributed by atoms with Crippen molar-refractivity contribution in [2.24, 2.45) is 0 Å². The predicted octanol–water partition coefficient (Wildman–Crippen LogP) is 1.77. The molecule has 0 unspecified atom stereocenters. The van der Waals surface area contributed by atoms with E-state index in [0.717, 1.165) is 65.3 Å². The van der Waals surface area contributed by atoms with E-state index in [4.69, 9.17) is 0 Å². The zero-order valence-corrected chi connectivity index (χ0v) is 16.1. The van der Waals surface area contributed by atoms with Crippen LogP contribution in [0.4, 0.5) is 9.18 Å². The number of hydrogen-bond acceptors (Lipinski definition) is 4. The van der Waals surface area contributed by atoms with Gasteiger partial charge in [0.25, 0.3) is 0 Å². The molecule has 0 spiro atoms. The van der Waals surface area contributed by atoms with Gasteiger partial charge < -0.3 is 14.7 Å². The highest BCUT2D eigenvalue weighted by Crippen LogP contribution is 2.10. The highest BCUT2D eigenvalue weighted by Gasteiger charge is 2.26. The van der Waals surface area contributed by atoms with E-state index in [1.165, 1.54) is 12.1 Å².